The Kier molecular flexibility index (Phi) is 3.89. The molecule has 0 aromatic heterocycles. The Morgan fingerprint density at radius 1 is 1.50 bits per heavy atom. The number of hydrogen-bond acceptors (Lipinski definition) is 2. The summed E-state index contributed by atoms with van der Waals surface area (Å²) in [6, 6.07) is 6.00. The highest BCUT2D eigenvalue weighted by atomic mass is 79.9. The lowest BCUT2D eigenvalue weighted by molar-refractivity contribution is -0.112. The van der Waals surface area contributed by atoms with Crippen molar-refractivity contribution >= 4 is 27.4 Å². The highest BCUT2D eigenvalue weighted by molar-refractivity contribution is 9.10. The van der Waals surface area contributed by atoms with Gasteiger partial charge in [0.1, 0.15) is 0 Å². The fourth-order valence-electron chi connectivity index (χ4n) is 0.999. The summed E-state index contributed by atoms with van der Waals surface area (Å²) in [5, 5.41) is 3.04. The van der Waals surface area contributed by atoms with Gasteiger partial charge in [-0.2, -0.15) is 0 Å². The number of rotatable bonds is 3. The van der Waals surface area contributed by atoms with Gasteiger partial charge in [0.25, 0.3) is 0 Å². The van der Waals surface area contributed by atoms with Crippen molar-refractivity contribution in [2.24, 2.45) is 0 Å². The van der Waals surface area contributed by atoms with Gasteiger partial charge in [-0.3, -0.25) is 4.79 Å². The molecule has 14 heavy (non-hydrogen) atoms. The minimum absolute atomic E-state index is 0.0290. The summed E-state index contributed by atoms with van der Waals surface area (Å²) < 4.78 is 0.983. The Morgan fingerprint density at radius 2 is 2.21 bits per heavy atom. The van der Waals surface area contributed by atoms with Crippen LogP contribution in [0.1, 0.15) is 12.5 Å². The van der Waals surface area contributed by atoms with Crippen LogP contribution in [0.2, 0.25) is 0 Å². The molecule has 0 amide bonds. The van der Waals surface area contributed by atoms with Crippen molar-refractivity contribution in [2.45, 2.75) is 13.8 Å². The van der Waals surface area contributed by atoms with Crippen LogP contribution < -0.4 is 5.32 Å². The van der Waals surface area contributed by atoms with Gasteiger partial charge >= 0.3 is 0 Å². The zero-order valence-electron chi connectivity index (χ0n) is 8.17. The topological polar surface area (TPSA) is 29.1 Å². The van der Waals surface area contributed by atoms with Crippen LogP contribution in [0.3, 0.4) is 0 Å². The molecule has 0 unspecified atom stereocenters. The predicted octanol–water partition coefficient (Wildman–Crippen LogP) is 3.27. The molecule has 0 atom stereocenters. The standard InChI is InChI=1S/C11H12BrNO/c1-8-3-4-10(12)11(7-8)13-6-5-9(2)14/h3-7,13H,1-2H3/b6-5+. The highest BCUT2D eigenvalue weighted by Crippen LogP contribution is 2.23. The molecule has 1 N–H and O–H groups in total. The second-order valence-electron chi connectivity index (χ2n) is 3.07. The minimum Gasteiger partial charge on any atom is -0.361 e. The van der Waals surface area contributed by atoms with E-state index in [0.717, 1.165) is 10.2 Å². The molecule has 74 valence electrons. The van der Waals surface area contributed by atoms with Gasteiger partial charge in [-0.25, -0.2) is 0 Å². The lowest BCUT2D eigenvalue weighted by Crippen LogP contribution is -1.91. The zero-order chi connectivity index (χ0) is 10.6. The maximum atomic E-state index is 10.6. The number of carbonyl (C=O) groups is 1. The van der Waals surface area contributed by atoms with Gasteiger partial charge in [-0.15, -0.1) is 0 Å². The number of benzene rings is 1. The van der Waals surface area contributed by atoms with E-state index in [2.05, 4.69) is 21.2 Å². The van der Waals surface area contributed by atoms with Crippen LogP contribution in [0.5, 0.6) is 0 Å². The van der Waals surface area contributed by atoms with E-state index in [4.69, 9.17) is 0 Å². The maximum Gasteiger partial charge on any atom is 0.154 e. The van der Waals surface area contributed by atoms with Crippen LogP contribution >= 0.6 is 15.9 Å². The Bertz CT molecular complexity index is 372. The van der Waals surface area contributed by atoms with Gasteiger partial charge in [0, 0.05) is 10.7 Å². The summed E-state index contributed by atoms with van der Waals surface area (Å²) in [5.74, 6) is 0.0290. The molecular formula is C11H12BrNO. The van der Waals surface area contributed by atoms with Gasteiger partial charge in [0.15, 0.2) is 5.78 Å². The van der Waals surface area contributed by atoms with E-state index in [-0.39, 0.29) is 5.78 Å². The Hall–Kier alpha value is -1.09. The van der Waals surface area contributed by atoms with Gasteiger partial charge in [0.2, 0.25) is 0 Å². The second kappa shape index (κ2) is 4.96. The maximum absolute atomic E-state index is 10.6. The number of aryl methyl sites for hydroxylation is 1. The lowest BCUT2D eigenvalue weighted by Gasteiger charge is -2.04. The number of carbonyl (C=O) groups excluding carboxylic acids is 1. The van der Waals surface area contributed by atoms with E-state index in [9.17, 15) is 4.79 Å². The summed E-state index contributed by atoms with van der Waals surface area (Å²) in [7, 11) is 0. The van der Waals surface area contributed by atoms with Gasteiger partial charge in [0.05, 0.1) is 5.69 Å². The predicted molar refractivity (Wildman–Crippen MR) is 62.3 cm³/mol. The average molecular weight is 254 g/mol. The van der Waals surface area contributed by atoms with E-state index in [0.29, 0.717) is 0 Å². The summed E-state index contributed by atoms with van der Waals surface area (Å²) in [6.45, 7) is 3.54. The normalized spacial score (nSPS) is 10.5. The molecule has 0 fully saturated rings. The van der Waals surface area contributed by atoms with Crippen LogP contribution in [0.4, 0.5) is 5.69 Å². The first-order valence-corrected chi connectivity index (χ1v) is 5.08. The molecule has 0 aliphatic carbocycles. The molecule has 0 spiro atoms. The van der Waals surface area contributed by atoms with Crippen LogP contribution in [0, 0.1) is 6.92 Å². The van der Waals surface area contributed by atoms with Crippen molar-refractivity contribution in [3.05, 3.63) is 40.5 Å². The molecule has 0 bridgehead atoms. The SMILES string of the molecule is CC(=O)/C=C/Nc1cc(C)ccc1Br. The molecule has 1 aromatic carbocycles. The molecule has 0 aliphatic rings. The molecule has 1 rings (SSSR count). The van der Waals surface area contributed by atoms with Crippen molar-refractivity contribution in [1.29, 1.82) is 0 Å². The van der Waals surface area contributed by atoms with Gasteiger partial charge < -0.3 is 5.32 Å². The van der Waals surface area contributed by atoms with E-state index in [1.54, 1.807) is 6.20 Å². The third-order valence-corrected chi connectivity index (χ3v) is 2.37. The third kappa shape index (κ3) is 3.34. The number of halogens is 1. The molecule has 0 radical (unpaired) electrons. The van der Waals surface area contributed by atoms with E-state index < -0.39 is 0 Å². The van der Waals surface area contributed by atoms with Crippen LogP contribution in [0.15, 0.2) is 34.9 Å². The third-order valence-electron chi connectivity index (χ3n) is 1.68. The minimum atomic E-state index is 0.0290. The number of ketones is 1. The molecule has 3 heteroatoms. The first-order valence-electron chi connectivity index (χ1n) is 4.29. The van der Waals surface area contributed by atoms with Crippen LogP contribution in [-0.4, -0.2) is 5.78 Å². The Balaban J connectivity index is 2.76. The Morgan fingerprint density at radius 3 is 2.86 bits per heavy atom. The van der Waals surface area contributed by atoms with Gasteiger partial charge in [-0.1, -0.05) is 6.07 Å². The molecule has 1 aromatic rings. The second-order valence-corrected chi connectivity index (χ2v) is 3.93. The van der Waals surface area contributed by atoms with Crippen molar-refractivity contribution < 1.29 is 4.79 Å². The molecule has 0 heterocycles. The number of allylic oxidation sites excluding steroid dienone is 1. The quantitative estimate of drug-likeness (QED) is 0.838. The smallest absolute Gasteiger partial charge is 0.154 e. The first kappa shape index (κ1) is 11.0. The Labute approximate surface area is 92.1 Å². The number of hydrogen-bond donors (Lipinski definition) is 1. The lowest BCUT2D eigenvalue weighted by atomic mass is 10.2. The molecule has 0 saturated carbocycles. The number of anilines is 1. The van der Waals surface area contributed by atoms with E-state index in [1.807, 2.05) is 25.1 Å². The number of nitrogens with one attached hydrogen (secondary N) is 1. The molecule has 2 nitrogen and oxygen atoms in total. The van der Waals surface area contributed by atoms with Crippen LogP contribution in [-0.2, 0) is 4.79 Å². The van der Waals surface area contributed by atoms with Crippen molar-refractivity contribution in [3.8, 4) is 0 Å². The van der Waals surface area contributed by atoms with Crippen molar-refractivity contribution in [2.75, 3.05) is 5.32 Å². The van der Waals surface area contributed by atoms with E-state index >= 15 is 0 Å². The molecule has 0 saturated heterocycles. The van der Waals surface area contributed by atoms with Crippen LogP contribution in [0.25, 0.3) is 0 Å². The summed E-state index contributed by atoms with van der Waals surface area (Å²) in [4.78, 5) is 10.6. The van der Waals surface area contributed by atoms with Crippen molar-refractivity contribution in [3.63, 3.8) is 0 Å². The molecular weight excluding hydrogens is 242 g/mol. The average Bonchev–Trinajstić information content (AvgIpc) is 2.10. The highest BCUT2D eigenvalue weighted by Gasteiger charge is 1.96. The molecule has 0 aliphatic heterocycles. The summed E-state index contributed by atoms with van der Waals surface area (Å²) in [6.07, 6.45) is 3.14. The fourth-order valence-corrected chi connectivity index (χ4v) is 1.36. The fraction of sp³-hybridized carbons (Fsp3) is 0.182. The first-order chi connectivity index (χ1) is 6.59. The van der Waals surface area contributed by atoms with E-state index in [1.165, 1.54) is 18.6 Å². The summed E-state index contributed by atoms with van der Waals surface area (Å²) in [5.41, 5.74) is 2.13. The van der Waals surface area contributed by atoms with Gasteiger partial charge in [-0.05, 0) is 53.5 Å². The van der Waals surface area contributed by atoms with Crippen molar-refractivity contribution in [1.82, 2.24) is 0 Å². The zero-order valence-corrected chi connectivity index (χ0v) is 9.76. The largest absolute Gasteiger partial charge is 0.361 e. The summed E-state index contributed by atoms with van der Waals surface area (Å²) >= 11 is 3.42. The monoisotopic (exact) mass is 253 g/mol.